The minimum atomic E-state index is -2.55. The van der Waals surface area contributed by atoms with Gasteiger partial charge in [-0.1, -0.05) is 12.1 Å². The Morgan fingerprint density at radius 2 is 2.00 bits per heavy atom. The number of nitrogens with one attached hydrogen (secondary N) is 1. The van der Waals surface area contributed by atoms with Crippen LogP contribution in [0, 0.1) is 0 Å². The maximum atomic E-state index is 13.1. The molecule has 0 spiro atoms. The van der Waals surface area contributed by atoms with E-state index in [1.54, 1.807) is 37.5 Å². The van der Waals surface area contributed by atoms with E-state index in [0.29, 0.717) is 29.6 Å². The van der Waals surface area contributed by atoms with Gasteiger partial charge < -0.3 is 10.2 Å². The molecule has 0 radical (unpaired) electrons. The van der Waals surface area contributed by atoms with Gasteiger partial charge in [0.1, 0.15) is 11.6 Å². The number of hydrogen-bond acceptors (Lipinski definition) is 5. The van der Waals surface area contributed by atoms with Crippen LogP contribution in [0.5, 0.6) is 0 Å². The van der Waals surface area contributed by atoms with Crippen molar-refractivity contribution in [3.63, 3.8) is 0 Å². The van der Waals surface area contributed by atoms with Crippen LogP contribution in [0.1, 0.15) is 50.4 Å². The average molecular weight is 437 g/mol. The third kappa shape index (κ3) is 4.90. The minimum absolute atomic E-state index is 0.0142. The van der Waals surface area contributed by atoms with Crippen molar-refractivity contribution in [2.45, 2.75) is 45.1 Å². The lowest BCUT2D eigenvalue weighted by molar-refractivity contribution is -0.132. The number of benzene rings is 1. The predicted octanol–water partition coefficient (Wildman–Crippen LogP) is 5.33. The number of amides is 1. The van der Waals surface area contributed by atoms with Crippen molar-refractivity contribution in [2.24, 2.45) is 0 Å². The maximum absolute atomic E-state index is 13.1. The first-order chi connectivity index (χ1) is 15.4. The zero-order valence-corrected chi connectivity index (χ0v) is 18.0. The summed E-state index contributed by atoms with van der Waals surface area (Å²) in [4.78, 5) is 27.6. The Labute approximate surface area is 185 Å². The van der Waals surface area contributed by atoms with E-state index in [1.807, 2.05) is 24.0 Å². The zero-order valence-electron chi connectivity index (χ0n) is 18.0. The van der Waals surface area contributed by atoms with Gasteiger partial charge in [0.05, 0.1) is 5.69 Å². The summed E-state index contributed by atoms with van der Waals surface area (Å²) in [6.07, 6.45) is 2.59. The maximum Gasteiger partial charge on any atom is 0.263 e. The van der Waals surface area contributed by atoms with E-state index in [2.05, 4.69) is 10.3 Å². The summed E-state index contributed by atoms with van der Waals surface area (Å²) in [5.74, 6) is 1.15. The SMILES string of the molecule is CC(=O)N1C[C@H](c2nc(Nc3cccc(C(F)F)c3)cc(-c3cccnc3)n2)CC[C@@H]1C. The molecule has 6 nitrogen and oxygen atoms in total. The fraction of sp³-hybridized carbons (Fsp3) is 0.333. The Bertz CT molecular complexity index is 1090. The van der Waals surface area contributed by atoms with Gasteiger partial charge in [-0.05, 0) is 44.0 Å². The summed E-state index contributed by atoms with van der Waals surface area (Å²) in [5.41, 5.74) is 1.97. The molecule has 2 aromatic heterocycles. The first-order valence-corrected chi connectivity index (χ1v) is 10.6. The normalized spacial score (nSPS) is 18.6. The van der Waals surface area contributed by atoms with Crippen LogP contribution < -0.4 is 5.32 Å². The zero-order chi connectivity index (χ0) is 22.7. The Balaban J connectivity index is 1.70. The van der Waals surface area contributed by atoms with Gasteiger partial charge in [0.25, 0.3) is 6.43 Å². The Morgan fingerprint density at radius 1 is 1.16 bits per heavy atom. The van der Waals surface area contributed by atoms with Crippen LogP contribution in [-0.2, 0) is 4.79 Å². The average Bonchev–Trinajstić information content (AvgIpc) is 2.79. The smallest absolute Gasteiger partial charge is 0.263 e. The van der Waals surface area contributed by atoms with Crippen molar-refractivity contribution in [1.29, 1.82) is 0 Å². The molecule has 0 unspecified atom stereocenters. The van der Waals surface area contributed by atoms with Gasteiger partial charge in [-0.25, -0.2) is 18.7 Å². The van der Waals surface area contributed by atoms with E-state index >= 15 is 0 Å². The second-order valence-electron chi connectivity index (χ2n) is 8.08. The first-order valence-electron chi connectivity index (χ1n) is 10.6. The molecule has 1 amide bonds. The lowest BCUT2D eigenvalue weighted by Gasteiger charge is -2.37. The van der Waals surface area contributed by atoms with Crippen molar-refractivity contribution in [2.75, 3.05) is 11.9 Å². The van der Waals surface area contributed by atoms with Gasteiger partial charge in [-0.2, -0.15) is 0 Å². The molecule has 1 aromatic carbocycles. The number of rotatable bonds is 5. The quantitative estimate of drug-likeness (QED) is 0.584. The fourth-order valence-electron chi connectivity index (χ4n) is 4.03. The molecule has 3 aromatic rings. The number of hydrogen-bond donors (Lipinski definition) is 1. The molecule has 1 fully saturated rings. The number of alkyl halides is 2. The number of piperidine rings is 1. The van der Waals surface area contributed by atoms with Gasteiger partial charge >= 0.3 is 0 Å². The van der Waals surface area contributed by atoms with E-state index < -0.39 is 6.43 Å². The van der Waals surface area contributed by atoms with Crippen molar-refractivity contribution in [3.05, 3.63) is 66.2 Å². The van der Waals surface area contributed by atoms with Gasteiger partial charge in [0, 0.05) is 60.7 Å². The number of nitrogens with zero attached hydrogens (tertiary/aromatic N) is 4. The second-order valence-corrected chi connectivity index (χ2v) is 8.08. The molecular weight excluding hydrogens is 412 g/mol. The highest BCUT2D eigenvalue weighted by molar-refractivity contribution is 5.73. The monoisotopic (exact) mass is 437 g/mol. The fourth-order valence-corrected chi connectivity index (χ4v) is 4.03. The van der Waals surface area contributed by atoms with Crippen molar-refractivity contribution in [1.82, 2.24) is 19.9 Å². The summed E-state index contributed by atoms with van der Waals surface area (Å²) in [7, 11) is 0. The summed E-state index contributed by atoms with van der Waals surface area (Å²) >= 11 is 0. The first kappa shape index (κ1) is 21.8. The lowest BCUT2D eigenvalue weighted by atomic mass is 9.92. The number of pyridine rings is 1. The largest absolute Gasteiger partial charge is 0.340 e. The van der Waals surface area contributed by atoms with E-state index in [1.165, 1.54) is 12.1 Å². The van der Waals surface area contributed by atoms with E-state index in [0.717, 1.165) is 18.4 Å². The van der Waals surface area contributed by atoms with Gasteiger partial charge in [0.2, 0.25) is 5.91 Å². The molecule has 3 heterocycles. The highest BCUT2D eigenvalue weighted by Gasteiger charge is 2.30. The van der Waals surface area contributed by atoms with Gasteiger partial charge in [-0.15, -0.1) is 0 Å². The third-order valence-electron chi connectivity index (χ3n) is 5.76. The van der Waals surface area contributed by atoms with Crippen LogP contribution in [-0.4, -0.2) is 38.3 Å². The number of carbonyl (C=O) groups is 1. The van der Waals surface area contributed by atoms with Crippen molar-refractivity contribution < 1.29 is 13.6 Å². The highest BCUT2D eigenvalue weighted by Crippen LogP contribution is 2.31. The highest BCUT2D eigenvalue weighted by atomic mass is 19.3. The van der Waals surface area contributed by atoms with Crippen LogP contribution >= 0.6 is 0 Å². The van der Waals surface area contributed by atoms with Crippen molar-refractivity contribution >= 4 is 17.4 Å². The molecule has 1 aliphatic heterocycles. The van der Waals surface area contributed by atoms with Gasteiger partial charge in [0.15, 0.2) is 0 Å². The van der Waals surface area contributed by atoms with E-state index in [-0.39, 0.29) is 23.4 Å². The molecule has 1 saturated heterocycles. The third-order valence-corrected chi connectivity index (χ3v) is 5.76. The van der Waals surface area contributed by atoms with Crippen LogP contribution in [0.4, 0.5) is 20.3 Å². The molecule has 32 heavy (non-hydrogen) atoms. The number of likely N-dealkylation sites (tertiary alicyclic amines) is 1. The number of anilines is 2. The molecule has 0 saturated carbocycles. The Hall–Kier alpha value is -3.42. The standard InChI is InChI=1S/C24H25F2N5O/c1-15-8-9-19(14-31(15)16(2)32)24-29-21(18-6-4-10-27-13-18)12-22(30-24)28-20-7-3-5-17(11-20)23(25)26/h3-7,10-13,15,19,23H,8-9,14H2,1-2H3,(H,28,29,30)/t15-,19+/m0/s1. The molecule has 166 valence electrons. The topological polar surface area (TPSA) is 71.0 Å². The summed E-state index contributed by atoms with van der Waals surface area (Å²) in [6.45, 7) is 4.18. The molecule has 8 heteroatoms. The molecule has 0 aliphatic carbocycles. The molecule has 4 rings (SSSR count). The molecular formula is C24H25F2N5O. The lowest BCUT2D eigenvalue weighted by Crippen LogP contribution is -2.44. The summed E-state index contributed by atoms with van der Waals surface area (Å²) in [5, 5.41) is 3.15. The predicted molar refractivity (Wildman–Crippen MR) is 119 cm³/mol. The van der Waals surface area contributed by atoms with Gasteiger partial charge in [-0.3, -0.25) is 9.78 Å². The van der Waals surface area contributed by atoms with E-state index in [4.69, 9.17) is 9.97 Å². The molecule has 0 bridgehead atoms. The van der Waals surface area contributed by atoms with Crippen molar-refractivity contribution in [3.8, 4) is 11.3 Å². The van der Waals surface area contributed by atoms with E-state index in [9.17, 15) is 13.6 Å². The molecule has 2 atom stereocenters. The summed E-state index contributed by atoms with van der Waals surface area (Å²) < 4.78 is 26.2. The van der Waals surface area contributed by atoms with Crippen LogP contribution in [0.3, 0.4) is 0 Å². The van der Waals surface area contributed by atoms with Crippen LogP contribution in [0.15, 0.2) is 54.9 Å². The van der Waals surface area contributed by atoms with Crippen LogP contribution in [0.2, 0.25) is 0 Å². The second kappa shape index (κ2) is 9.38. The molecule has 1 aliphatic rings. The molecule has 1 N–H and O–H groups in total. The number of aromatic nitrogens is 3. The minimum Gasteiger partial charge on any atom is -0.340 e. The Morgan fingerprint density at radius 3 is 2.72 bits per heavy atom. The Kier molecular flexibility index (Phi) is 6.39. The number of carbonyl (C=O) groups excluding carboxylic acids is 1. The van der Waals surface area contributed by atoms with Crippen LogP contribution in [0.25, 0.3) is 11.3 Å². The summed E-state index contributed by atoms with van der Waals surface area (Å²) in [6, 6.07) is 11.8. The number of halogens is 2.